The van der Waals surface area contributed by atoms with Crippen LogP contribution in [0.25, 0.3) is 0 Å². The van der Waals surface area contributed by atoms with Crippen LogP contribution in [-0.4, -0.2) is 49.4 Å². The molecule has 1 saturated heterocycles. The number of ether oxygens (including phenoxy) is 2. The van der Waals surface area contributed by atoms with E-state index in [4.69, 9.17) is 9.47 Å². The number of carbonyl (C=O) groups is 3. The van der Waals surface area contributed by atoms with Crippen molar-refractivity contribution in [2.75, 3.05) is 20.8 Å². The molecule has 0 radical (unpaired) electrons. The van der Waals surface area contributed by atoms with Crippen molar-refractivity contribution in [2.24, 2.45) is 0 Å². The largest absolute Gasteiger partial charge is 0.497 e. The van der Waals surface area contributed by atoms with E-state index in [2.05, 4.69) is 5.32 Å². The van der Waals surface area contributed by atoms with Crippen LogP contribution < -0.4 is 14.8 Å². The second-order valence-electron chi connectivity index (χ2n) is 4.59. The topological polar surface area (TPSA) is 84.9 Å². The van der Waals surface area contributed by atoms with E-state index in [1.165, 1.54) is 25.2 Å². The van der Waals surface area contributed by atoms with Gasteiger partial charge in [-0.25, -0.2) is 0 Å². The first kappa shape index (κ1) is 14.8. The number of hydrogen-bond donors (Lipinski definition) is 1. The fourth-order valence-corrected chi connectivity index (χ4v) is 2.10. The van der Waals surface area contributed by atoms with Gasteiger partial charge in [0.25, 0.3) is 5.91 Å². The van der Waals surface area contributed by atoms with E-state index in [0.717, 1.165) is 0 Å². The van der Waals surface area contributed by atoms with Gasteiger partial charge < -0.3 is 14.4 Å². The average molecular weight is 292 g/mol. The van der Waals surface area contributed by atoms with E-state index in [1.54, 1.807) is 19.1 Å². The Kier molecular flexibility index (Phi) is 4.11. The summed E-state index contributed by atoms with van der Waals surface area (Å²) in [4.78, 5) is 36.9. The van der Waals surface area contributed by atoms with Gasteiger partial charge >= 0.3 is 0 Å². The fourth-order valence-electron chi connectivity index (χ4n) is 2.10. The third-order valence-electron chi connectivity index (χ3n) is 3.32. The highest BCUT2D eigenvalue weighted by molar-refractivity contribution is 6.07. The van der Waals surface area contributed by atoms with Gasteiger partial charge in [-0.1, -0.05) is 0 Å². The summed E-state index contributed by atoms with van der Waals surface area (Å²) < 4.78 is 10.2. The summed E-state index contributed by atoms with van der Waals surface area (Å²) in [7, 11) is 2.92. The standard InChI is InChI=1S/C14H16N2O5/c1-8-13(18)15-12(17)7-16(8)14(19)10-6-9(20-2)4-5-11(10)21-3/h4-6,8H,7H2,1-3H3,(H,15,17,18). The van der Waals surface area contributed by atoms with E-state index in [-0.39, 0.29) is 12.1 Å². The molecule has 1 heterocycles. The lowest BCUT2D eigenvalue weighted by Crippen LogP contribution is -2.58. The number of amides is 3. The number of hydrogen-bond acceptors (Lipinski definition) is 5. The molecule has 0 aliphatic carbocycles. The van der Waals surface area contributed by atoms with E-state index in [1.807, 2.05) is 0 Å². The summed E-state index contributed by atoms with van der Waals surface area (Å²) in [5.41, 5.74) is 0.242. The van der Waals surface area contributed by atoms with Gasteiger partial charge in [-0.3, -0.25) is 19.7 Å². The number of imide groups is 1. The smallest absolute Gasteiger partial charge is 0.258 e. The first-order chi connectivity index (χ1) is 9.97. The van der Waals surface area contributed by atoms with E-state index >= 15 is 0 Å². The van der Waals surface area contributed by atoms with Crippen molar-refractivity contribution in [3.05, 3.63) is 23.8 Å². The Morgan fingerprint density at radius 1 is 1.29 bits per heavy atom. The van der Waals surface area contributed by atoms with Crippen molar-refractivity contribution in [2.45, 2.75) is 13.0 Å². The highest BCUT2D eigenvalue weighted by Crippen LogP contribution is 2.26. The summed E-state index contributed by atoms with van der Waals surface area (Å²) in [6.07, 6.45) is 0. The first-order valence-electron chi connectivity index (χ1n) is 6.34. The highest BCUT2D eigenvalue weighted by Gasteiger charge is 2.35. The zero-order valence-corrected chi connectivity index (χ0v) is 12.0. The molecule has 21 heavy (non-hydrogen) atoms. The molecule has 1 aliphatic heterocycles. The van der Waals surface area contributed by atoms with Crippen LogP contribution in [0.2, 0.25) is 0 Å². The molecule has 1 aliphatic rings. The normalized spacial score (nSPS) is 18.2. The molecule has 1 aromatic carbocycles. The molecule has 112 valence electrons. The van der Waals surface area contributed by atoms with Crippen LogP contribution in [0.15, 0.2) is 18.2 Å². The third-order valence-corrected chi connectivity index (χ3v) is 3.32. The van der Waals surface area contributed by atoms with Gasteiger partial charge in [0.15, 0.2) is 0 Å². The molecule has 1 fully saturated rings. The number of carbonyl (C=O) groups excluding carboxylic acids is 3. The predicted molar refractivity (Wildman–Crippen MR) is 73.2 cm³/mol. The molecule has 3 amide bonds. The van der Waals surface area contributed by atoms with Crippen LogP contribution in [-0.2, 0) is 9.59 Å². The summed E-state index contributed by atoms with van der Waals surface area (Å²) in [6.45, 7) is 1.39. The summed E-state index contributed by atoms with van der Waals surface area (Å²) in [5, 5.41) is 2.19. The van der Waals surface area contributed by atoms with Crippen molar-refractivity contribution >= 4 is 17.7 Å². The zero-order valence-electron chi connectivity index (χ0n) is 12.0. The minimum absolute atomic E-state index is 0.174. The first-order valence-corrected chi connectivity index (χ1v) is 6.34. The van der Waals surface area contributed by atoms with Crippen LogP contribution in [0.3, 0.4) is 0 Å². The minimum Gasteiger partial charge on any atom is -0.497 e. The molecule has 7 heteroatoms. The average Bonchev–Trinajstić information content (AvgIpc) is 2.49. The van der Waals surface area contributed by atoms with E-state index in [9.17, 15) is 14.4 Å². The molecule has 1 atom stereocenters. The molecular weight excluding hydrogens is 276 g/mol. The molecule has 0 saturated carbocycles. The lowest BCUT2D eigenvalue weighted by Gasteiger charge is -2.32. The highest BCUT2D eigenvalue weighted by atomic mass is 16.5. The lowest BCUT2D eigenvalue weighted by molar-refractivity contribution is -0.138. The quantitative estimate of drug-likeness (QED) is 0.804. The SMILES string of the molecule is COc1ccc(OC)c(C(=O)N2CC(=O)NC(=O)C2C)c1. The maximum absolute atomic E-state index is 12.6. The Hall–Kier alpha value is -2.57. The number of piperazine rings is 1. The lowest BCUT2D eigenvalue weighted by atomic mass is 10.1. The van der Waals surface area contributed by atoms with Gasteiger partial charge in [0.2, 0.25) is 11.8 Å². The maximum atomic E-state index is 12.6. The Morgan fingerprint density at radius 2 is 2.00 bits per heavy atom. The van der Waals surface area contributed by atoms with Crippen molar-refractivity contribution in [1.82, 2.24) is 10.2 Å². The summed E-state index contributed by atoms with van der Waals surface area (Å²) >= 11 is 0. The number of methoxy groups -OCH3 is 2. The monoisotopic (exact) mass is 292 g/mol. The summed E-state index contributed by atoms with van der Waals surface area (Å²) in [6, 6.07) is 4.05. The van der Waals surface area contributed by atoms with Gasteiger partial charge in [-0.05, 0) is 25.1 Å². The molecular formula is C14H16N2O5. The summed E-state index contributed by atoms with van der Waals surface area (Å²) in [5.74, 6) is -0.623. The van der Waals surface area contributed by atoms with E-state index in [0.29, 0.717) is 11.5 Å². The number of nitrogens with zero attached hydrogens (tertiary/aromatic N) is 1. The van der Waals surface area contributed by atoms with Crippen molar-refractivity contribution in [3.63, 3.8) is 0 Å². The number of benzene rings is 1. The van der Waals surface area contributed by atoms with Crippen LogP contribution >= 0.6 is 0 Å². The van der Waals surface area contributed by atoms with Gasteiger partial charge in [-0.2, -0.15) is 0 Å². The van der Waals surface area contributed by atoms with Crippen molar-refractivity contribution in [1.29, 1.82) is 0 Å². The predicted octanol–water partition coefficient (Wildman–Crippen LogP) is 0.191. The molecule has 0 aromatic heterocycles. The van der Waals surface area contributed by atoms with Gasteiger partial charge in [-0.15, -0.1) is 0 Å². The van der Waals surface area contributed by atoms with Gasteiger partial charge in [0, 0.05) is 0 Å². The number of rotatable bonds is 3. The molecule has 1 N–H and O–H groups in total. The fraction of sp³-hybridized carbons (Fsp3) is 0.357. The Labute approximate surface area is 121 Å². The second kappa shape index (κ2) is 5.82. The molecule has 0 bridgehead atoms. The second-order valence-corrected chi connectivity index (χ2v) is 4.59. The van der Waals surface area contributed by atoms with Crippen LogP contribution in [0.5, 0.6) is 11.5 Å². The van der Waals surface area contributed by atoms with Gasteiger partial charge in [0.05, 0.1) is 19.8 Å². The molecule has 7 nitrogen and oxygen atoms in total. The maximum Gasteiger partial charge on any atom is 0.258 e. The van der Waals surface area contributed by atoms with Gasteiger partial charge in [0.1, 0.15) is 24.1 Å². The third kappa shape index (κ3) is 2.81. The Bertz CT molecular complexity index is 599. The molecule has 1 unspecified atom stereocenters. The Balaban J connectivity index is 2.38. The van der Waals surface area contributed by atoms with Crippen LogP contribution in [0, 0.1) is 0 Å². The number of nitrogens with one attached hydrogen (secondary N) is 1. The molecule has 0 spiro atoms. The molecule has 1 aromatic rings. The zero-order chi connectivity index (χ0) is 15.6. The molecule has 2 rings (SSSR count). The van der Waals surface area contributed by atoms with Crippen LogP contribution in [0.1, 0.15) is 17.3 Å². The minimum atomic E-state index is -0.730. The van der Waals surface area contributed by atoms with E-state index < -0.39 is 23.8 Å². The van der Waals surface area contributed by atoms with Crippen molar-refractivity contribution < 1.29 is 23.9 Å². The van der Waals surface area contributed by atoms with Crippen molar-refractivity contribution in [3.8, 4) is 11.5 Å². The Morgan fingerprint density at radius 3 is 2.62 bits per heavy atom. The van der Waals surface area contributed by atoms with Crippen LogP contribution in [0.4, 0.5) is 0 Å².